The van der Waals surface area contributed by atoms with Crippen molar-refractivity contribution >= 4 is 46.5 Å². The number of nitro groups is 1. The van der Waals surface area contributed by atoms with E-state index < -0.39 is 10.9 Å². The standard InChI is InChI=1S/C15H9Cl2NO4/c16-11-3-1-2-9(6-11)13(15(19)20)8-10-7-12(17)4-5-14(10)18(21)22/h1-8H,(H,19,20)/b13-8-. The molecule has 0 saturated heterocycles. The van der Waals surface area contributed by atoms with Gasteiger partial charge >= 0.3 is 5.97 Å². The van der Waals surface area contributed by atoms with Gasteiger partial charge in [-0.25, -0.2) is 4.79 Å². The van der Waals surface area contributed by atoms with Crippen molar-refractivity contribution in [3.8, 4) is 0 Å². The fraction of sp³-hybridized carbons (Fsp3) is 0. The second kappa shape index (κ2) is 6.60. The van der Waals surface area contributed by atoms with Gasteiger partial charge in [-0.15, -0.1) is 0 Å². The van der Waals surface area contributed by atoms with Gasteiger partial charge < -0.3 is 5.11 Å². The zero-order valence-electron chi connectivity index (χ0n) is 11.0. The van der Waals surface area contributed by atoms with Gasteiger partial charge in [0.05, 0.1) is 16.1 Å². The van der Waals surface area contributed by atoms with E-state index in [-0.39, 0.29) is 21.8 Å². The molecule has 0 atom stereocenters. The Kier molecular flexibility index (Phi) is 4.80. The monoisotopic (exact) mass is 337 g/mol. The second-order valence-corrected chi connectivity index (χ2v) is 5.21. The summed E-state index contributed by atoms with van der Waals surface area (Å²) in [6, 6.07) is 10.2. The summed E-state index contributed by atoms with van der Waals surface area (Å²) < 4.78 is 0. The number of hydrogen-bond donors (Lipinski definition) is 1. The summed E-state index contributed by atoms with van der Waals surface area (Å²) in [5, 5.41) is 21.0. The van der Waals surface area contributed by atoms with E-state index in [2.05, 4.69) is 0 Å². The molecule has 0 fully saturated rings. The highest BCUT2D eigenvalue weighted by atomic mass is 35.5. The van der Waals surface area contributed by atoms with Crippen LogP contribution < -0.4 is 0 Å². The first-order valence-corrected chi connectivity index (χ1v) is 6.79. The lowest BCUT2D eigenvalue weighted by Gasteiger charge is -2.05. The molecule has 0 unspecified atom stereocenters. The maximum absolute atomic E-state index is 11.5. The van der Waals surface area contributed by atoms with Crippen molar-refractivity contribution in [2.75, 3.05) is 0 Å². The number of aliphatic carboxylic acids is 1. The SMILES string of the molecule is O=C(O)/C(=C\c1cc(Cl)ccc1[N+](=O)[O-])c1cccc(Cl)c1. The summed E-state index contributed by atoms with van der Waals surface area (Å²) in [6.45, 7) is 0. The van der Waals surface area contributed by atoms with Crippen molar-refractivity contribution in [2.24, 2.45) is 0 Å². The van der Waals surface area contributed by atoms with Crippen molar-refractivity contribution in [3.05, 3.63) is 73.8 Å². The van der Waals surface area contributed by atoms with E-state index in [1.54, 1.807) is 18.2 Å². The minimum absolute atomic E-state index is 0.106. The van der Waals surface area contributed by atoms with E-state index in [4.69, 9.17) is 23.2 Å². The van der Waals surface area contributed by atoms with E-state index in [1.807, 2.05) is 0 Å². The highest BCUT2D eigenvalue weighted by Gasteiger charge is 2.17. The molecular formula is C15H9Cl2NO4. The van der Waals surface area contributed by atoms with Gasteiger partial charge in [-0.1, -0.05) is 35.3 Å². The topological polar surface area (TPSA) is 80.4 Å². The molecule has 0 radical (unpaired) electrons. The normalized spacial score (nSPS) is 11.3. The smallest absolute Gasteiger partial charge is 0.336 e. The molecule has 0 heterocycles. The van der Waals surface area contributed by atoms with Crippen molar-refractivity contribution in [2.45, 2.75) is 0 Å². The first-order chi connectivity index (χ1) is 10.4. The van der Waals surface area contributed by atoms with Gasteiger partial charge in [0, 0.05) is 16.1 Å². The Labute approximate surface area is 135 Å². The van der Waals surface area contributed by atoms with E-state index in [0.29, 0.717) is 10.6 Å². The van der Waals surface area contributed by atoms with Gasteiger partial charge in [-0.05, 0) is 35.9 Å². The Morgan fingerprint density at radius 2 is 1.82 bits per heavy atom. The highest BCUT2D eigenvalue weighted by Crippen LogP contribution is 2.28. The van der Waals surface area contributed by atoms with Crippen LogP contribution >= 0.6 is 23.2 Å². The van der Waals surface area contributed by atoms with E-state index in [9.17, 15) is 20.0 Å². The second-order valence-electron chi connectivity index (χ2n) is 4.33. The van der Waals surface area contributed by atoms with Gasteiger partial charge in [0.15, 0.2) is 0 Å². The van der Waals surface area contributed by atoms with Gasteiger partial charge in [0.1, 0.15) is 0 Å². The molecule has 0 spiro atoms. The largest absolute Gasteiger partial charge is 0.478 e. The number of halogens is 2. The van der Waals surface area contributed by atoms with Crippen LogP contribution in [-0.4, -0.2) is 16.0 Å². The first-order valence-electron chi connectivity index (χ1n) is 6.03. The Bertz CT molecular complexity index is 787. The molecule has 0 aliphatic carbocycles. The van der Waals surface area contributed by atoms with Crippen LogP contribution in [0, 0.1) is 10.1 Å². The number of hydrogen-bond acceptors (Lipinski definition) is 3. The Balaban J connectivity index is 2.64. The third-order valence-electron chi connectivity index (χ3n) is 2.85. The van der Waals surface area contributed by atoms with Crippen LogP contribution in [0.5, 0.6) is 0 Å². The van der Waals surface area contributed by atoms with E-state index >= 15 is 0 Å². The maximum Gasteiger partial charge on any atom is 0.336 e. The zero-order chi connectivity index (χ0) is 16.3. The minimum Gasteiger partial charge on any atom is -0.478 e. The molecule has 0 aliphatic rings. The minimum atomic E-state index is -1.23. The lowest BCUT2D eigenvalue weighted by molar-refractivity contribution is -0.385. The molecule has 1 N–H and O–H groups in total. The number of benzene rings is 2. The van der Waals surface area contributed by atoms with Crippen LogP contribution in [0.15, 0.2) is 42.5 Å². The van der Waals surface area contributed by atoms with Crippen molar-refractivity contribution in [1.82, 2.24) is 0 Å². The molecule has 0 bridgehead atoms. The molecule has 112 valence electrons. The van der Waals surface area contributed by atoms with Crippen LogP contribution in [0.3, 0.4) is 0 Å². The Hall–Kier alpha value is -2.37. The molecule has 0 aliphatic heterocycles. The summed E-state index contributed by atoms with van der Waals surface area (Å²) in [5.74, 6) is -1.23. The maximum atomic E-state index is 11.5. The molecule has 0 saturated carbocycles. The molecule has 2 rings (SSSR count). The van der Waals surface area contributed by atoms with Gasteiger partial charge in [0.25, 0.3) is 5.69 Å². The van der Waals surface area contributed by atoms with Gasteiger partial charge in [-0.3, -0.25) is 10.1 Å². The van der Waals surface area contributed by atoms with Crippen LogP contribution in [0.4, 0.5) is 5.69 Å². The lowest BCUT2D eigenvalue weighted by Crippen LogP contribution is -2.00. The van der Waals surface area contributed by atoms with Crippen LogP contribution in [0.25, 0.3) is 11.6 Å². The highest BCUT2D eigenvalue weighted by molar-refractivity contribution is 6.31. The zero-order valence-corrected chi connectivity index (χ0v) is 12.5. The fourth-order valence-corrected chi connectivity index (χ4v) is 2.26. The average molecular weight is 338 g/mol. The third kappa shape index (κ3) is 3.63. The summed E-state index contributed by atoms with van der Waals surface area (Å²) in [5.41, 5.74) is 0.0993. The van der Waals surface area contributed by atoms with Gasteiger partial charge in [-0.2, -0.15) is 0 Å². The summed E-state index contributed by atoms with van der Waals surface area (Å²) in [4.78, 5) is 21.9. The molecular weight excluding hydrogens is 329 g/mol. The molecule has 2 aromatic rings. The van der Waals surface area contributed by atoms with Crippen molar-refractivity contribution in [1.29, 1.82) is 0 Å². The molecule has 22 heavy (non-hydrogen) atoms. The first kappa shape index (κ1) is 16.0. The van der Waals surface area contributed by atoms with E-state index in [1.165, 1.54) is 30.3 Å². The summed E-state index contributed by atoms with van der Waals surface area (Å²) in [6.07, 6.45) is 1.21. The van der Waals surface area contributed by atoms with Crippen LogP contribution in [0.2, 0.25) is 10.0 Å². The van der Waals surface area contributed by atoms with Crippen molar-refractivity contribution < 1.29 is 14.8 Å². The average Bonchev–Trinajstić information content (AvgIpc) is 2.44. The molecule has 2 aromatic carbocycles. The third-order valence-corrected chi connectivity index (χ3v) is 3.32. The van der Waals surface area contributed by atoms with Crippen LogP contribution in [0.1, 0.15) is 11.1 Å². The lowest BCUT2D eigenvalue weighted by atomic mass is 10.0. The van der Waals surface area contributed by atoms with Crippen molar-refractivity contribution in [3.63, 3.8) is 0 Å². The number of carboxylic acid groups (broad SMARTS) is 1. The van der Waals surface area contributed by atoms with Gasteiger partial charge in [0.2, 0.25) is 0 Å². The molecule has 7 heteroatoms. The Morgan fingerprint density at radius 1 is 1.14 bits per heavy atom. The summed E-state index contributed by atoms with van der Waals surface area (Å²) >= 11 is 11.7. The number of carbonyl (C=O) groups is 1. The summed E-state index contributed by atoms with van der Waals surface area (Å²) in [7, 11) is 0. The Morgan fingerprint density at radius 3 is 2.41 bits per heavy atom. The predicted molar refractivity (Wildman–Crippen MR) is 85.1 cm³/mol. The number of nitrogens with zero attached hydrogens (tertiary/aromatic N) is 1. The quantitative estimate of drug-likeness (QED) is 0.384. The number of carboxylic acids is 1. The number of nitro benzene ring substituents is 1. The molecule has 0 aromatic heterocycles. The predicted octanol–water partition coefficient (Wildman–Crippen LogP) is 4.53. The molecule has 5 nitrogen and oxygen atoms in total. The van der Waals surface area contributed by atoms with Crippen LogP contribution in [-0.2, 0) is 4.79 Å². The molecule has 0 amide bonds. The number of rotatable bonds is 4. The fourth-order valence-electron chi connectivity index (χ4n) is 1.89. The van der Waals surface area contributed by atoms with E-state index in [0.717, 1.165) is 0 Å².